The minimum atomic E-state index is 0.119. The van der Waals surface area contributed by atoms with Crippen LogP contribution in [0.5, 0.6) is 0 Å². The summed E-state index contributed by atoms with van der Waals surface area (Å²) in [5, 5.41) is 1.68. The largest absolute Gasteiger partial charge is 0.381 e. The fraction of sp³-hybridized carbons (Fsp3) is 0.333. The number of aromatic nitrogens is 1. The van der Waals surface area contributed by atoms with Crippen molar-refractivity contribution in [3.05, 3.63) is 75.9 Å². The van der Waals surface area contributed by atoms with Crippen LogP contribution in [0, 0.1) is 0 Å². The molecule has 32 heavy (non-hydrogen) atoms. The molecule has 0 atom stereocenters. The molecule has 2 heterocycles. The monoisotopic (exact) mass is 446 g/mol. The van der Waals surface area contributed by atoms with Crippen molar-refractivity contribution in [2.45, 2.75) is 38.2 Å². The first-order valence-corrected chi connectivity index (χ1v) is 11.7. The maximum absolute atomic E-state index is 13.8. The third kappa shape index (κ3) is 3.94. The molecule has 0 N–H and O–H groups in total. The van der Waals surface area contributed by atoms with Crippen LogP contribution in [0.2, 0.25) is 5.02 Å². The minimum Gasteiger partial charge on any atom is -0.381 e. The van der Waals surface area contributed by atoms with Crippen LogP contribution >= 0.6 is 11.6 Å². The van der Waals surface area contributed by atoms with Gasteiger partial charge >= 0.3 is 0 Å². The van der Waals surface area contributed by atoms with Gasteiger partial charge in [-0.15, -0.1) is 0 Å². The average molecular weight is 447 g/mol. The Morgan fingerprint density at radius 3 is 2.62 bits per heavy atom. The third-order valence-electron chi connectivity index (χ3n) is 6.68. The van der Waals surface area contributed by atoms with Gasteiger partial charge in [-0.1, -0.05) is 48.0 Å². The highest BCUT2D eigenvalue weighted by Crippen LogP contribution is 2.37. The highest BCUT2D eigenvalue weighted by atomic mass is 35.5. The van der Waals surface area contributed by atoms with Gasteiger partial charge in [-0.05, 0) is 67.0 Å². The summed E-state index contributed by atoms with van der Waals surface area (Å²) in [6.07, 6.45) is 6.93. The number of para-hydroxylation sites is 1. The Kier molecular flexibility index (Phi) is 5.99. The van der Waals surface area contributed by atoms with Crippen LogP contribution in [0.3, 0.4) is 0 Å². The second kappa shape index (κ2) is 9.05. The predicted octanol–water partition coefficient (Wildman–Crippen LogP) is 6.02. The molecular weight excluding hydrogens is 420 g/mol. The topological polar surface area (TPSA) is 42.4 Å². The molecule has 0 radical (unpaired) electrons. The summed E-state index contributed by atoms with van der Waals surface area (Å²) in [5.41, 5.74) is 5.86. The van der Waals surface area contributed by atoms with Gasteiger partial charge in [0.25, 0.3) is 5.91 Å². The summed E-state index contributed by atoms with van der Waals surface area (Å²) in [4.78, 5) is 20.8. The van der Waals surface area contributed by atoms with Crippen LogP contribution in [-0.2, 0) is 11.2 Å². The molecule has 0 saturated carbocycles. The molecule has 0 unspecified atom stereocenters. The summed E-state index contributed by atoms with van der Waals surface area (Å²) < 4.78 is 5.50. The molecule has 1 fully saturated rings. The molecule has 2 aliphatic rings. The standard InChI is InChI=1S/C27H27ClN2O2/c1-32-20-13-15-30(16-14-20)27(31)25-21-9-3-5-12-24(21)29-26-19(8-6-10-22(25)26)17-18-7-2-4-11-23(18)28/h2-5,7,9,11-12,17,20H,6,8,10,13-16H2,1H3/b19-17-. The number of pyridine rings is 1. The molecule has 5 heteroatoms. The van der Waals surface area contributed by atoms with Crippen molar-refractivity contribution in [2.24, 2.45) is 0 Å². The normalized spacial score (nSPS) is 18.2. The van der Waals surface area contributed by atoms with Crippen LogP contribution in [0.15, 0.2) is 48.5 Å². The molecular formula is C27H27ClN2O2. The second-order valence-corrected chi connectivity index (χ2v) is 9.01. The van der Waals surface area contributed by atoms with E-state index in [0.29, 0.717) is 0 Å². The van der Waals surface area contributed by atoms with E-state index in [4.69, 9.17) is 21.3 Å². The van der Waals surface area contributed by atoms with E-state index in [9.17, 15) is 4.79 Å². The lowest BCUT2D eigenvalue weighted by Gasteiger charge is -2.33. The number of methoxy groups -OCH3 is 1. The molecule has 0 bridgehead atoms. The molecule has 5 rings (SSSR count). The minimum absolute atomic E-state index is 0.119. The smallest absolute Gasteiger partial charge is 0.254 e. The van der Waals surface area contributed by atoms with Gasteiger partial charge in [-0.25, -0.2) is 4.98 Å². The number of hydrogen-bond acceptors (Lipinski definition) is 3. The molecule has 0 spiro atoms. The molecule has 3 aromatic rings. The number of benzene rings is 2. The summed E-state index contributed by atoms with van der Waals surface area (Å²) in [6.45, 7) is 1.45. The first-order chi connectivity index (χ1) is 15.7. The number of amides is 1. The van der Waals surface area contributed by atoms with Crippen LogP contribution in [0.25, 0.3) is 22.6 Å². The summed E-state index contributed by atoms with van der Waals surface area (Å²) in [5.74, 6) is 0.119. The van der Waals surface area contributed by atoms with E-state index in [-0.39, 0.29) is 12.0 Å². The predicted molar refractivity (Wildman–Crippen MR) is 130 cm³/mol. The van der Waals surface area contributed by atoms with E-state index in [1.807, 2.05) is 53.4 Å². The summed E-state index contributed by atoms with van der Waals surface area (Å²) in [7, 11) is 1.75. The van der Waals surface area contributed by atoms with Gasteiger partial charge in [0, 0.05) is 30.6 Å². The fourth-order valence-electron chi connectivity index (χ4n) is 4.95. The first-order valence-electron chi connectivity index (χ1n) is 11.3. The molecule has 4 nitrogen and oxygen atoms in total. The van der Waals surface area contributed by atoms with Gasteiger partial charge in [0.2, 0.25) is 0 Å². The van der Waals surface area contributed by atoms with Crippen molar-refractivity contribution in [1.29, 1.82) is 0 Å². The van der Waals surface area contributed by atoms with Gasteiger partial charge in [0.1, 0.15) is 0 Å². The number of hydrogen-bond donors (Lipinski definition) is 0. The Labute approximate surface area is 193 Å². The van der Waals surface area contributed by atoms with Gasteiger partial charge < -0.3 is 9.64 Å². The maximum Gasteiger partial charge on any atom is 0.254 e. The van der Waals surface area contributed by atoms with Crippen LogP contribution in [-0.4, -0.2) is 42.1 Å². The summed E-state index contributed by atoms with van der Waals surface area (Å²) in [6, 6.07) is 15.9. The van der Waals surface area contributed by atoms with Crippen LogP contribution < -0.4 is 0 Å². The number of fused-ring (bicyclic) bond motifs is 2. The number of piperidine rings is 1. The van der Waals surface area contributed by atoms with Crippen molar-refractivity contribution in [1.82, 2.24) is 9.88 Å². The molecule has 1 aliphatic heterocycles. The van der Waals surface area contributed by atoms with Crippen LogP contribution in [0.1, 0.15) is 52.9 Å². The Morgan fingerprint density at radius 1 is 1.09 bits per heavy atom. The number of ether oxygens (including phenoxy) is 1. The van der Waals surface area contributed by atoms with Crippen molar-refractivity contribution in [3.8, 4) is 0 Å². The van der Waals surface area contributed by atoms with E-state index in [0.717, 1.165) is 89.1 Å². The Bertz CT molecular complexity index is 1200. The van der Waals surface area contributed by atoms with Gasteiger partial charge in [-0.3, -0.25) is 4.79 Å². The van der Waals surface area contributed by atoms with Crippen molar-refractivity contribution < 1.29 is 9.53 Å². The number of carbonyl (C=O) groups excluding carboxylic acids is 1. The molecule has 1 saturated heterocycles. The highest BCUT2D eigenvalue weighted by Gasteiger charge is 2.30. The van der Waals surface area contributed by atoms with Crippen molar-refractivity contribution in [2.75, 3.05) is 20.2 Å². The molecule has 164 valence electrons. The van der Waals surface area contributed by atoms with Gasteiger partial charge in [0.05, 0.1) is 22.9 Å². The Morgan fingerprint density at radius 2 is 1.84 bits per heavy atom. The van der Waals surface area contributed by atoms with E-state index < -0.39 is 0 Å². The average Bonchev–Trinajstić information content (AvgIpc) is 2.84. The molecule has 2 aromatic carbocycles. The zero-order valence-corrected chi connectivity index (χ0v) is 19.1. The number of rotatable bonds is 3. The zero-order valence-electron chi connectivity index (χ0n) is 18.3. The number of nitrogens with zero attached hydrogens (tertiary/aromatic N) is 2. The summed E-state index contributed by atoms with van der Waals surface area (Å²) >= 11 is 6.44. The lowest BCUT2D eigenvalue weighted by atomic mass is 9.85. The quantitative estimate of drug-likeness (QED) is 0.494. The van der Waals surface area contributed by atoms with Gasteiger partial charge in [-0.2, -0.15) is 0 Å². The number of carbonyl (C=O) groups is 1. The van der Waals surface area contributed by atoms with Crippen molar-refractivity contribution >= 4 is 40.1 Å². The fourth-order valence-corrected chi connectivity index (χ4v) is 5.14. The van der Waals surface area contributed by atoms with E-state index >= 15 is 0 Å². The SMILES string of the molecule is COC1CCN(C(=O)c2c3c(nc4ccccc24)/C(=C\c2ccccc2Cl)CCC3)CC1. The van der Waals surface area contributed by atoms with Crippen LogP contribution in [0.4, 0.5) is 0 Å². The van der Waals surface area contributed by atoms with E-state index in [2.05, 4.69) is 6.08 Å². The number of halogens is 1. The molecule has 1 aliphatic carbocycles. The molecule has 1 amide bonds. The van der Waals surface area contributed by atoms with Crippen molar-refractivity contribution in [3.63, 3.8) is 0 Å². The lowest BCUT2D eigenvalue weighted by molar-refractivity contribution is 0.0351. The van der Waals surface area contributed by atoms with E-state index in [1.54, 1.807) is 7.11 Å². The van der Waals surface area contributed by atoms with Gasteiger partial charge in [0.15, 0.2) is 0 Å². The highest BCUT2D eigenvalue weighted by molar-refractivity contribution is 6.32. The second-order valence-electron chi connectivity index (χ2n) is 8.60. The zero-order chi connectivity index (χ0) is 22.1. The number of allylic oxidation sites excluding steroid dienone is 1. The Hall–Kier alpha value is -2.69. The lowest BCUT2D eigenvalue weighted by Crippen LogP contribution is -2.41. The molecule has 1 aromatic heterocycles. The third-order valence-corrected chi connectivity index (χ3v) is 7.03. The van der Waals surface area contributed by atoms with E-state index in [1.165, 1.54) is 0 Å². The Balaban J connectivity index is 1.63. The number of likely N-dealkylation sites (tertiary alicyclic amines) is 1. The first kappa shape index (κ1) is 21.2. The maximum atomic E-state index is 13.8.